The van der Waals surface area contributed by atoms with E-state index < -0.39 is 24.6 Å². The number of aromatic nitrogens is 1. The van der Waals surface area contributed by atoms with E-state index in [1.807, 2.05) is 6.07 Å². The van der Waals surface area contributed by atoms with E-state index in [1.165, 1.54) is 11.9 Å². The molecule has 0 spiro atoms. The van der Waals surface area contributed by atoms with Crippen molar-refractivity contribution in [3.63, 3.8) is 0 Å². The molecular formula is C17H18F3N5O2. The maximum absolute atomic E-state index is 12.7. The first-order valence-corrected chi connectivity index (χ1v) is 7.99. The standard InChI is InChI=1S/C17H18F3N5O2/c1-9-8-11(10-6-4-3-5-7-10)23-14-12(9)13(21)24(2)16(22)25(14)27-15(26)17(18,19)20/h3-8,13,16H,21-22H2,1-2H3. The van der Waals surface area contributed by atoms with Gasteiger partial charge in [-0.2, -0.15) is 18.2 Å². The lowest BCUT2D eigenvalue weighted by molar-refractivity contribution is -0.204. The van der Waals surface area contributed by atoms with Crippen LogP contribution in [0.5, 0.6) is 0 Å². The number of hydrogen-bond donors (Lipinski definition) is 2. The van der Waals surface area contributed by atoms with Crippen LogP contribution in [0.3, 0.4) is 0 Å². The van der Waals surface area contributed by atoms with Crippen LogP contribution in [0.1, 0.15) is 17.3 Å². The molecule has 7 nitrogen and oxygen atoms in total. The maximum atomic E-state index is 12.7. The highest BCUT2D eigenvalue weighted by Crippen LogP contribution is 2.37. The average molecular weight is 381 g/mol. The normalized spacial score (nSPS) is 20.3. The number of pyridine rings is 1. The first-order chi connectivity index (χ1) is 12.6. The quantitative estimate of drug-likeness (QED) is 0.821. The third-order valence-electron chi connectivity index (χ3n) is 4.33. The van der Waals surface area contributed by atoms with Gasteiger partial charge in [-0.15, -0.1) is 0 Å². The van der Waals surface area contributed by atoms with Crippen molar-refractivity contribution in [3.05, 3.63) is 47.5 Å². The predicted octanol–water partition coefficient (Wildman–Crippen LogP) is 2.03. The fourth-order valence-electron chi connectivity index (χ4n) is 2.85. The van der Waals surface area contributed by atoms with Gasteiger partial charge >= 0.3 is 12.1 Å². The molecule has 1 aliphatic rings. The molecule has 1 aromatic carbocycles. The number of nitrogens with two attached hydrogens (primary N) is 2. The molecule has 0 aliphatic carbocycles. The molecule has 27 heavy (non-hydrogen) atoms. The molecule has 1 aliphatic heterocycles. The summed E-state index contributed by atoms with van der Waals surface area (Å²) in [5.74, 6) is -2.41. The number of hydroxylamine groups is 1. The molecule has 3 rings (SSSR count). The van der Waals surface area contributed by atoms with E-state index >= 15 is 0 Å². The van der Waals surface area contributed by atoms with Gasteiger partial charge in [0.25, 0.3) is 0 Å². The minimum Gasteiger partial charge on any atom is -0.328 e. The number of anilines is 1. The Bertz CT molecular complexity index is 860. The number of alkyl halides is 3. The van der Waals surface area contributed by atoms with Gasteiger partial charge in [0, 0.05) is 11.1 Å². The van der Waals surface area contributed by atoms with Gasteiger partial charge in [0.1, 0.15) is 0 Å². The van der Waals surface area contributed by atoms with Crippen LogP contribution in [0.2, 0.25) is 0 Å². The fourth-order valence-corrected chi connectivity index (χ4v) is 2.85. The van der Waals surface area contributed by atoms with E-state index in [0.29, 0.717) is 21.9 Å². The summed E-state index contributed by atoms with van der Waals surface area (Å²) in [6.07, 6.45) is -7.14. The number of rotatable bonds is 2. The van der Waals surface area contributed by atoms with E-state index in [2.05, 4.69) is 9.82 Å². The van der Waals surface area contributed by atoms with Crippen molar-refractivity contribution in [3.8, 4) is 11.3 Å². The minimum absolute atomic E-state index is 0.0236. The van der Waals surface area contributed by atoms with Crippen LogP contribution in [-0.4, -0.2) is 35.4 Å². The van der Waals surface area contributed by atoms with Crippen LogP contribution in [0.15, 0.2) is 36.4 Å². The number of halogens is 3. The van der Waals surface area contributed by atoms with Gasteiger partial charge in [0.05, 0.1) is 11.9 Å². The van der Waals surface area contributed by atoms with Crippen LogP contribution in [0.4, 0.5) is 19.0 Å². The molecule has 0 bridgehead atoms. The summed E-state index contributed by atoms with van der Waals surface area (Å²) in [4.78, 5) is 21.7. The lowest BCUT2D eigenvalue weighted by Crippen LogP contribution is -2.60. The second-order valence-corrected chi connectivity index (χ2v) is 6.15. The highest BCUT2D eigenvalue weighted by molar-refractivity contribution is 5.77. The summed E-state index contributed by atoms with van der Waals surface area (Å²) in [5.41, 5.74) is 14.4. The summed E-state index contributed by atoms with van der Waals surface area (Å²) in [5, 5.41) is 0.647. The van der Waals surface area contributed by atoms with E-state index in [1.54, 1.807) is 37.3 Å². The number of benzene rings is 1. The zero-order chi connectivity index (χ0) is 19.9. The summed E-state index contributed by atoms with van der Waals surface area (Å²) < 4.78 is 38.1. The van der Waals surface area contributed by atoms with Crippen molar-refractivity contribution in [2.75, 3.05) is 12.1 Å². The Balaban J connectivity index is 2.13. The second kappa shape index (κ2) is 6.80. The molecule has 0 amide bonds. The highest BCUT2D eigenvalue weighted by Gasteiger charge is 2.46. The zero-order valence-corrected chi connectivity index (χ0v) is 14.6. The smallest absolute Gasteiger partial charge is 0.328 e. The maximum Gasteiger partial charge on any atom is 0.493 e. The molecule has 0 saturated heterocycles. The third kappa shape index (κ3) is 3.46. The van der Waals surface area contributed by atoms with Gasteiger partial charge in [0.15, 0.2) is 12.1 Å². The minimum atomic E-state index is -5.18. The fraction of sp³-hybridized carbons (Fsp3) is 0.294. The molecule has 144 valence electrons. The first-order valence-electron chi connectivity index (χ1n) is 7.99. The van der Waals surface area contributed by atoms with Gasteiger partial charge in [-0.25, -0.2) is 9.78 Å². The molecule has 0 saturated carbocycles. The van der Waals surface area contributed by atoms with Crippen LogP contribution < -0.4 is 16.5 Å². The number of hydrogen-bond acceptors (Lipinski definition) is 7. The number of nitrogens with zero attached hydrogens (tertiary/aromatic N) is 3. The number of fused-ring (bicyclic) bond motifs is 1. The molecule has 1 aromatic heterocycles. The third-order valence-corrected chi connectivity index (χ3v) is 4.33. The Hall–Kier alpha value is -2.69. The molecule has 2 unspecified atom stereocenters. The van der Waals surface area contributed by atoms with Crippen LogP contribution in [0.25, 0.3) is 11.3 Å². The molecule has 2 atom stereocenters. The van der Waals surface area contributed by atoms with Gasteiger partial charge in [-0.1, -0.05) is 30.3 Å². The van der Waals surface area contributed by atoms with Crippen molar-refractivity contribution < 1.29 is 22.8 Å². The van der Waals surface area contributed by atoms with Crippen molar-refractivity contribution in [2.24, 2.45) is 11.5 Å². The Kier molecular flexibility index (Phi) is 4.81. The molecular weight excluding hydrogens is 363 g/mol. The first kappa shape index (κ1) is 19.1. The molecule has 0 fully saturated rings. The number of carbonyl (C=O) groups is 1. The lowest BCUT2D eigenvalue weighted by atomic mass is 10.0. The lowest BCUT2D eigenvalue weighted by Gasteiger charge is -2.43. The Morgan fingerprint density at radius 1 is 1.22 bits per heavy atom. The van der Waals surface area contributed by atoms with Crippen molar-refractivity contribution in [1.29, 1.82) is 0 Å². The van der Waals surface area contributed by atoms with Crippen molar-refractivity contribution in [1.82, 2.24) is 9.88 Å². The second-order valence-electron chi connectivity index (χ2n) is 6.15. The van der Waals surface area contributed by atoms with Crippen molar-refractivity contribution in [2.45, 2.75) is 25.6 Å². The van der Waals surface area contributed by atoms with Crippen LogP contribution in [0, 0.1) is 6.92 Å². The summed E-state index contributed by atoms with van der Waals surface area (Å²) in [6, 6.07) is 10.8. The summed E-state index contributed by atoms with van der Waals surface area (Å²) in [7, 11) is 1.51. The van der Waals surface area contributed by atoms with Crippen LogP contribution >= 0.6 is 0 Å². The van der Waals surface area contributed by atoms with Gasteiger partial charge in [-0.05, 0) is 25.6 Å². The Morgan fingerprint density at radius 3 is 2.44 bits per heavy atom. The monoisotopic (exact) mass is 381 g/mol. The van der Waals surface area contributed by atoms with Crippen LogP contribution in [-0.2, 0) is 9.63 Å². The SMILES string of the molecule is Cc1cc(-c2ccccc2)nc2c1C(N)N(C)C(N)N2OC(=O)C(F)(F)F. The van der Waals surface area contributed by atoms with E-state index in [-0.39, 0.29) is 5.82 Å². The van der Waals surface area contributed by atoms with E-state index in [4.69, 9.17) is 11.5 Å². The number of carbonyl (C=O) groups excluding carboxylic acids is 1. The summed E-state index contributed by atoms with van der Waals surface area (Å²) >= 11 is 0. The number of aryl methyl sites for hydroxylation is 1. The highest BCUT2D eigenvalue weighted by atomic mass is 19.4. The topological polar surface area (TPSA) is 97.7 Å². The van der Waals surface area contributed by atoms with Gasteiger partial charge < -0.3 is 10.6 Å². The Morgan fingerprint density at radius 2 is 1.85 bits per heavy atom. The molecule has 2 aromatic rings. The molecule has 4 N–H and O–H groups in total. The largest absolute Gasteiger partial charge is 0.493 e. The van der Waals surface area contributed by atoms with Gasteiger partial charge in [0.2, 0.25) is 0 Å². The zero-order valence-electron chi connectivity index (χ0n) is 14.6. The Labute approximate surface area is 153 Å². The molecule has 2 heterocycles. The predicted molar refractivity (Wildman–Crippen MR) is 91.7 cm³/mol. The van der Waals surface area contributed by atoms with E-state index in [0.717, 1.165) is 5.56 Å². The average Bonchev–Trinajstić information content (AvgIpc) is 2.62. The molecule has 0 radical (unpaired) electrons. The summed E-state index contributed by atoms with van der Waals surface area (Å²) in [6.45, 7) is 1.75. The van der Waals surface area contributed by atoms with Gasteiger partial charge in [-0.3, -0.25) is 10.6 Å². The van der Waals surface area contributed by atoms with Crippen molar-refractivity contribution >= 4 is 11.8 Å². The van der Waals surface area contributed by atoms with E-state index in [9.17, 15) is 18.0 Å². The molecule has 10 heteroatoms.